The van der Waals surface area contributed by atoms with Crippen molar-refractivity contribution in [2.75, 3.05) is 17.2 Å². The van der Waals surface area contributed by atoms with Gasteiger partial charge in [-0.05, 0) is 54.8 Å². The zero-order valence-electron chi connectivity index (χ0n) is 17.0. The molecule has 0 atom stereocenters. The van der Waals surface area contributed by atoms with Gasteiger partial charge in [0.15, 0.2) is 0 Å². The minimum Gasteiger partial charge on any atom is -0.480 e. The van der Waals surface area contributed by atoms with Crippen molar-refractivity contribution in [3.05, 3.63) is 70.8 Å². The molecule has 0 aromatic heterocycles. The van der Waals surface area contributed by atoms with Crippen molar-refractivity contribution in [2.24, 2.45) is 0 Å². The molecule has 0 unspecified atom stereocenters. The lowest BCUT2D eigenvalue weighted by molar-refractivity contribution is -0.135. The highest BCUT2D eigenvalue weighted by molar-refractivity contribution is 6.10. The Morgan fingerprint density at radius 2 is 1.47 bits per heavy atom. The molecule has 0 spiro atoms. The largest absolute Gasteiger partial charge is 0.480 e. The summed E-state index contributed by atoms with van der Waals surface area (Å²) in [6, 6.07) is 14.2. The molecule has 3 aromatic carbocycles. The standard InChI is InChI=1S/C23H23N3O4/c1-13-8-14(2)21(15(3)9-13)26-23(30)25-19-11-17-7-5-4-6-16(17)10-18(19)22(29)24-12-20(27)28/h4-11H,12H2,1-3H3,(H,24,29)(H,27,28)(H2,25,26,30). The zero-order valence-corrected chi connectivity index (χ0v) is 17.0. The Bertz CT molecular complexity index is 1130. The number of amides is 3. The Morgan fingerprint density at radius 3 is 2.07 bits per heavy atom. The van der Waals surface area contributed by atoms with Gasteiger partial charge in [0.1, 0.15) is 6.54 Å². The number of urea groups is 1. The summed E-state index contributed by atoms with van der Waals surface area (Å²) in [5.74, 6) is -1.73. The Balaban J connectivity index is 1.92. The van der Waals surface area contributed by atoms with Crippen molar-refractivity contribution in [3.63, 3.8) is 0 Å². The molecular weight excluding hydrogens is 382 g/mol. The highest BCUT2D eigenvalue weighted by Crippen LogP contribution is 2.26. The third kappa shape index (κ3) is 4.75. The predicted molar refractivity (Wildman–Crippen MR) is 117 cm³/mol. The monoisotopic (exact) mass is 405 g/mol. The van der Waals surface area contributed by atoms with E-state index in [2.05, 4.69) is 16.0 Å². The van der Waals surface area contributed by atoms with E-state index >= 15 is 0 Å². The van der Waals surface area contributed by atoms with Crippen LogP contribution in [0.15, 0.2) is 48.5 Å². The molecule has 0 aliphatic heterocycles. The highest BCUT2D eigenvalue weighted by Gasteiger charge is 2.17. The van der Waals surface area contributed by atoms with Crippen molar-refractivity contribution >= 4 is 40.1 Å². The average molecular weight is 405 g/mol. The first-order valence-electron chi connectivity index (χ1n) is 9.43. The van der Waals surface area contributed by atoms with E-state index in [4.69, 9.17) is 5.11 Å². The van der Waals surface area contributed by atoms with Crippen molar-refractivity contribution in [3.8, 4) is 0 Å². The molecule has 0 saturated heterocycles. The summed E-state index contributed by atoms with van der Waals surface area (Å²) in [4.78, 5) is 36.1. The molecule has 4 N–H and O–H groups in total. The Morgan fingerprint density at radius 1 is 0.867 bits per heavy atom. The molecule has 0 fully saturated rings. The number of carboxylic acid groups (broad SMARTS) is 1. The van der Waals surface area contributed by atoms with E-state index in [0.717, 1.165) is 27.5 Å². The van der Waals surface area contributed by atoms with Crippen LogP contribution in [0.25, 0.3) is 10.8 Å². The Hall–Kier alpha value is -3.87. The summed E-state index contributed by atoms with van der Waals surface area (Å²) in [6.07, 6.45) is 0. The van der Waals surface area contributed by atoms with Gasteiger partial charge in [-0.1, -0.05) is 42.0 Å². The Labute approximate surface area is 174 Å². The maximum Gasteiger partial charge on any atom is 0.323 e. The van der Waals surface area contributed by atoms with Gasteiger partial charge in [-0.25, -0.2) is 4.79 Å². The van der Waals surface area contributed by atoms with Crippen molar-refractivity contribution < 1.29 is 19.5 Å². The van der Waals surface area contributed by atoms with Gasteiger partial charge < -0.3 is 21.1 Å². The molecule has 0 aliphatic rings. The second kappa shape index (κ2) is 8.65. The van der Waals surface area contributed by atoms with Crippen molar-refractivity contribution in [1.29, 1.82) is 0 Å². The molecule has 0 aliphatic carbocycles. The number of nitrogens with one attached hydrogen (secondary N) is 3. The van der Waals surface area contributed by atoms with Crippen LogP contribution in [0.5, 0.6) is 0 Å². The highest BCUT2D eigenvalue weighted by atomic mass is 16.4. The lowest BCUT2D eigenvalue weighted by Crippen LogP contribution is -2.30. The number of hydrogen-bond acceptors (Lipinski definition) is 3. The first-order chi connectivity index (χ1) is 14.2. The molecule has 7 nitrogen and oxygen atoms in total. The first-order valence-corrected chi connectivity index (χ1v) is 9.43. The SMILES string of the molecule is Cc1cc(C)c(NC(=O)Nc2cc3ccccc3cc2C(=O)NCC(=O)O)c(C)c1. The summed E-state index contributed by atoms with van der Waals surface area (Å²) in [5, 5.41) is 18.4. The minimum atomic E-state index is -1.15. The molecule has 3 amide bonds. The third-order valence-corrected chi connectivity index (χ3v) is 4.69. The van der Waals surface area contributed by atoms with Crippen LogP contribution in [0.1, 0.15) is 27.0 Å². The second-order valence-electron chi connectivity index (χ2n) is 7.17. The number of carboxylic acids is 1. The number of carbonyl (C=O) groups excluding carboxylic acids is 2. The van der Waals surface area contributed by atoms with E-state index in [9.17, 15) is 14.4 Å². The van der Waals surface area contributed by atoms with Gasteiger partial charge in [-0.15, -0.1) is 0 Å². The smallest absolute Gasteiger partial charge is 0.323 e. The van der Waals surface area contributed by atoms with Crippen LogP contribution in [-0.2, 0) is 4.79 Å². The summed E-state index contributed by atoms with van der Waals surface area (Å²) < 4.78 is 0. The van der Waals surface area contributed by atoms with E-state index in [1.165, 1.54) is 0 Å². The maximum atomic E-state index is 12.7. The van der Waals surface area contributed by atoms with E-state index in [0.29, 0.717) is 5.69 Å². The van der Waals surface area contributed by atoms with E-state index < -0.39 is 24.5 Å². The number of carbonyl (C=O) groups is 3. The molecule has 30 heavy (non-hydrogen) atoms. The normalized spacial score (nSPS) is 10.5. The number of hydrogen-bond donors (Lipinski definition) is 4. The van der Waals surface area contributed by atoms with Crippen LogP contribution < -0.4 is 16.0 Å². The second-order valence-corrected chi connectivity index (χ2v) is 7.17. The summed E-state index contributed by atoms with van der Waals surface area (Å²) in [7, 11) is 0. The van der Waals surface area contributed by atoms with Crippen LogP contribution in [-0.4, -0.2) is 29.6 Å². The molecule has 154 valence electrons. The van der Waals surface area contributed by atoms with Crippen LogP contribution in [0.2, 0.25) is 0 Å². The summed E-state index contributed by atoms with van der Waals surface area (Å²) in [5.41, 5.74) is 4.14. The van der Waals surface area contributed by atoms with E-state index in [-0.39, 0.29) is 11.3 Å². The van der Waals surface area contributed by atoms with Gasteiger partial charge in [0.25, 0.3) is 5.91 Å². The van der Waals surface area contributed by atoms with Crippen LogP contribution in [0.4, 0.5) is 16.2 Å². The van der Waals surface area contributed by atoms with Crippen molar-refractivity contribution in [1.82, 2.24) is 5.32 Å². The molecule has 3 rings (SSSR count). The van der Waals surface area contributed by atoms with E-state index in [1.54, 1.807) is 12.1 Å². The van der Waals surface area contributed by atoms with Crippen LogP contribution in [0, 0.1) is 20.8 Å². The number of aliphatic carboxylic acids is 1. The fourth-order valence-electron chi connectivity index (χ4n) is 3.43. The fourth-order valence-corrected chi connectivity index (χ4v) is 3.43. The van der Waals surface area contributed by atoms with Gasteiger partial charge in [0.2, 0.25) is 0 Å². The van der Waals surface area contributed by atoms with Gasteiger partial charge in [0, 0.05) is 5.69 Å². The lowest BCUT2D eigenvalue weighted by atomic mass is 10.0. The quantitative estimate of drug-likeness (QED) is 0.510. The van der Waals surface area contributed by atoms with Gasteiger partial charge in [0.05, 0.1) is 11.3 Å². The number of benzene rings is 3. The van der Waals surface area contributed by atoms with Gasteiger partial charge >= 0.3 is 12.0 Å². The molecular formula is C23H23N3O4. The molecule has 0 heterocycles. The maximum absolute atomic E-state index is 12.7. The molecule has 3 aromatic rings. The Kier molecular flexibility index (Phi) is 6.01. The predicted octanol–water partition coefficient (Wildman–Crippen LogP) is 4.22. The lowest BCUT2D eigenvalue weighted by Gasteiger charge is -2.16. The van der Waals surface area contributed by atoms with Gasteiger partial charge in [-0.2, -0.15) is 0 Å². The summed E-state index contributed by atoms with van der Waals surface area (Å²) in [6.45, 7) is 5.30. The molecule has 0 saturated carbocycles. The zero-order chi connectivity index (χ0) is 21.8. The fraction of sp³-hybridized carbons (Fsp3) is 0.174. The molecule has 0 bridgehead atoms. The third-order valence-electron chi connectivity index (χ3n) is 4.69. The average Bonchev–Trinajstić information content (AvgIpc) is 2.68. The minimum absolute atomic E-state index is 0.183. The van der Waals surface area contributed by atoms with Crippen LogP contribution in [0.3, 0.4) is 0 Å². The van der Waals surface area contributed by atoms with E-state index in [1.807, 2.05) is 57.2 Å². The first kappa shape index (κ1) is 20.9. The number of rotatable bonds is 5. The number of anilines is 2. The van der Waals surface area contributed by atoms with Gasteiger partial charge in [-0.3, -0.25) is 9.59 Å². The number of fused-ring (bicyclic) bond motifs is 1. The van der Waals surface area contributed by atoms with Crippen LogP contribution >= 0.6 is 0 Å². The topological polar surface area (TPSA) is 108 Å². The van der Waals surface area contributed by atoms with Crippen molar-refractivity contribution in [2.45, 2.75) is 20.8 Å². The summed E-state index contributed by atoms with van der Waals surface area (Å²) >= 11 is 0. The molecule has 7 heteroatoms. The number of aryl methyl sites for hydroxylation is 3. The molecule has 0 radical (unpaired) electrons.